The van der Waals surface area contributed by atoms with E-state index in [1.54, 1.807) is 12.1 Å². The van der Waals surface area contributed by atoms with Gasteiger partial charge in [-0.05, 0) is 58.8 Å². The van der Waals surface area contributed by atoms with Gasteiger partial charge in [-0.1, -0.05) is 26.8 Å². The highest BCUT2D eigenvalue weighted by Gasteiger charge is 2.25. The molecule has 0 spiro atoms. The van der Waals surface area contributed by atoms with Gasteiger partial charge in [0.15, 0.2) is 5.78 Å². The third kappa shape index (κ3) is 4.67. The van der Waals surface area contributed by atoms with Crippen LogP contribution in [-0.4, -0.2) is 12.3 Å². The maximum atomic E-state index is 13.9. The Hall–Kier alpha value is -0.740. The lowest BCUT2D eigenvalue weighted by Crippen LogP contribution is -2.24. The third-order valence-electron chi connectivity index (χ3n) is 3.71. The molecule has 0 bridgehead atoms. The normalized spacial score (nSPS) is 13.3. The Kier molecular flexibility index (Phi) is 6.34. The molecule has 1 atom stereocenters. The molecular formula is C16H23BrFNO. The van der Waals surface area contributed by atoms with Crippen molar-refractivity contribution >= 4 is 21.7 Å². The van der Waals surface area contributed by atoms with Crippen LogP contribution in [-0.2, 0) is 0 Å². The fraction of sp³-hybridized carbons (Fsp3) is 0.562. The maximum absolute atomic E-state index is 13.9. The summed E-state index contributed by atoms with van der Waals surface area (Å²) in [5, 5.41) is 0. The summed E-state index contributed by atoms with van der Waals surface area (Å²) in [7, 11) is 0. The van der Waals surface area contributed by atoms with E-state index in [-0.39, 0.29) is 16.8 Å². The highest BCUT2D eigenvalue weighted by Crippen LogP contribution is 2.32. The van der Waals surface area contributed by atoms with E-state index < -0.39 is 5.82 Å². The number of carbonyl (C=O) groups is 1. The Morgan fingerprint density at radius 1 is 1.35 bits per heavy atom. The molecule has 112 valence electrons. The average molecular weight is 344 g/mol. The second kappa shape index (κ2) is 7.32. The second-order valence-electron chi connectivity index (χ2n) is 6.20. The van der Waals surface area contributed by atoms with Crippen LogP contribution in [0.25, 0.3) is 0 Å². The fourth-order valence-electron chi connectivity index (χ4n) is 2.37. The van der Waals surface area contributed by atoms with Gasteiger partial charge in [-0.25, -0.2) is 4.39 Å². The monoisotopic (exact) mass is 343 g/mol. The zero-order valence-electron chi connectivity index (χ0n) is 12.4. The molecule has 0 aliphatic heterocycles. The van der Waals surface area contributed by atoms with Gasteiger partial charge in [-0.2, -0.15) is 0 Å². The van der Waals surface area contributed by atoms with Crippen molar-refractivity contribution in [3.63, 3.8) is 0 Å². The number of Topliss-reactive ketones (excluding diaryl/α,β-unsaturated/α-hetero) is 1. The van der Waals surface area contributed by atoms with Crippen molar-refractivity contribution in [2.45, 2.75) is 40.0 Å². The first-order valence-corrected chi connectivity index (χ1v) is 7.74. The van der Waals surface area contributed by atoms with Gasteiger partial charge in [-0.15, -0.1) is 0 Å². The zero-order chi connectivity index (χ0) is 15.3. The highest BCUT2D eigenvalue weighted by molar-refractivity contribution is 9.10. The van der Waals surface area contributed by atoms with Crippen molar-refractivity contribution < 1.29 is 9.18 Å². The minimum absolute atomic E-state index is 0.107. The van der Waals surface area contributed by atoms with E-state index in [0.29, 0.717) is 23.4 Å². The summed E-state index contributed by atoms with van der Waals surface area (Å²) in [6.45, 7) is 7.06. The van der Waals surface area contributed by atoms with Gasteiger partial charge in [0.2, 0.25) is 0 Å². The molecule has 1 aromatic rings. The fourth-order valence-corrected chi connectivity index (χ4v) is 2.74. The Bertz CT molecular complexity index is 468. The molecule has 0 aliphatic rings. The van der Waals surface area contributed by atoms with E-state index in [1.807, 2.05) is 0 Å². The molecule has 1 aromatic carbocycles. The Labute approximate surface area is 129 Å². The van der Waals surface area contributed by atoms with Crippen molar-refractivity contribution in [1.82, 2.24) is 0 Å². The number of halogens is 2. The Morgan fingerprint density at radius 3 is 2.55 bits per heavy atom. The summed E-state index contributed by atoms with van der Waals surface area (Å²) in [6, 6.07) is 4.82. The first-order chi connectivity index (χ1) is 9.27. The maximum Gasteiger partial charge on any atom is 0.165 e. The van der Waals surface area contributed by atoms with Crippen molar-refractivity contribution in [1.29, 1.82) is 0 Å². The van der Waals surface area contributed by atoms with Crippen molar-refractivity contribution in [3.05, 3.63) is 34.1 Å². The van der Waals surface area contributed by atoms with Crippen LogP contribution in [0.5, 0.6) is 0 Å². The van der Waals surface area contributed by atoms with E-state index in [2.05, 4.69) is 36.7 Å². The zero-order valence-corrected chi connectivity index (χ0v) is 14.0. The summed E-state index contributed by atoms with van der Waals surface area (Å²) < 4.78 is 14.2. The number of hydrogen-bond acceptors (Lipinski definition) is 2. The topological polar surface area (TPSA) is 43.1 Å². The molecule has 4 heteroatoms. The van der Waals surface area contributed by atoms with Crippen LogP contribution in [0.2, 0.25) is 0 Å². The predicted octanol–water partition coefficient (Wildman–Crippen LogP) is 4.56. The summed E-state index contributed by atoms with van der Waals surface area (Å²) in [4.78, 5) is 12.2. The second-order valence-corrected chi connectivity index (χ2v) is 7.06. The molecule has 1 unspecified atom stereocenters. The van der Waals surface area contributed by atoms with Crippen molar-refractivity contribution in [2.24, 2.45) is 17.1 Å². The van der Waals surface area contributed by atoms with E-state index in [0.717, 1.165) is 12.8 Å². The van der Waals surface area contributed by atoms with E-state index in [4.69, 9.17) is 5.73 Å². The summed E-state index contributed by atoms with van der Waals surface area (Å²) >= 11 is 3.11. The lowest BCUT2D eigenvalue weighted by molar-refractivity contribution is 0.0953. The molecule has 0 aliphatic carbocycles. The molecule has 0 saturated carbocycles. The molecule has 0 heterocycles. The van der Waals surface area contributed by atoms with Crippen LogP contribution < -0.4 is 5.73 Å². The number of hydrogen-bond donors (Lipinski definition) is 1. The molecular weight excluding hydrogens is 321 g/mol. The van der Waals surface area contributed by atoms with E-state index in [9.17, 15) is 9.18 Å². The van der Waals surface area contributed by atoms with Crippen LogP contribution in [0.1, 0.15) is 50.4 Å². The average Bonchev–Trinajstić information content (AvgIpc) is 2.36. The summed E-state index contributed by atoms with van der Waals surface area (Å²) in [5.41, 5.74) is 5.91. The van der Waals surface area contributed by atoms with Gasteiger partial charge in [0.1, 0.15) is 5.82 Å². The lowest BCUT2D eigenvalue weighted by atomic mass is 9.76. The Morgan fingerprint density at radius 2 is 2.00 bits per heavy atom. The highest BCUT2D eigenvalue weighted by atomic mass is 79.9. The van der Waals surface area contributed by atoms with Crippen LogP contribution in [0.15, 0.2) is 22.7 Å². The summed E-state index contributed by atoms with van der Waals surface area (Å²) in [6.07, 6.45) is 1.98. The number of ketones is 1. The van der Waals surface area contributed by atoms with Gasteiger partial charge < -0.3 is 5.73 Å². The van der Waals surface area contributed by atoms with Crippen LogP contribution in [0.3, 0.4) is 0 Å². The molecule has 2 nitrogen and oxygen atoms in total. The van der Waals surface area contributed by atoms with Crippen molar-refractivity contribution in [2.75, 3.05) is 6.54 Å². The Balaban J connectivity index is 2.73. The standard InChI is InChI=1S/C16H23BrFNO/c1-16(2,3)11(9-10-19)7-8-14(20)12-5-4-6-13(17)15(12)18/h4-6,11H,7-10,19H2,1-3H3. The van der Waals surface area contributed by atoms with Gasteiger partial charge in [0, 0.05) is 6.42 Å². The van der Waals surface area contributed by atoms with Crippen LogP contribution in [0.4, 0.5) is 4.39 Å². The van der Waals surface area contributed by atoms with Gasteiger partial charge in [0.25, 0.3) is 0 Å². The minimum atomic E-state index is -0.469. The largest absolute Gasteiger partial charge is 0.330 e. The van der Waals surface area contributed by atoms with Crippen LogP contribution in [0, 0.1) is 17.2 Å². The molecule has 2 N–H and O–H groups in total. The third-order valence-corrected chi connectivity index (χ3v) is 4.32. The minimum Gasteiger partial charge on any atom is -0.330 e. The number of carbonyl (C=O) groups excluding carboxylic acids is 1. The lowest BCUT2D eigenvalue weighted by Gasteiger charge is -2.30. The van der Waals surface area contributed by atoms with Crippen molar-refractivity contribution in [3.8, 4) is 0 Å². The molecule has 0 aromatic heterocycles. The smallest absolute Gasteiger partial charge is 0.165 e. The van der Waals surface area contributed by atoms with Gasteiger partial charge in [-0.3, -0.25) is 4.79 Å². The van der Waals surface area contributed by atoms with E-state index in [1.165, 1.54) is 6.07 Å². The molecule has 0 fully saturated rings. The molecule has 1 rings (SSSR count). The molecule has 0 saturated heterocycles. The number of rotatable bonds is 6. The van der Waals surface area contributed by atoms with Gasteiger partial charge >= 0.3 is 0 Å². The van der Waals surface area contributed by atoms with Gasteiger partial charge in [0.05, 0.1) is 10.0 Å². The van der Waals surface area contributed by atoms with Crippen LogP contribution >= 0.6 is 15.9 Å². The molecule has 0 radical (unpaired) electrons. The number of nitrogens with two attached hydrogens (primary N) is 1. The van der Waals surface area contributed by atoms with E-state index >= 15 is 0 Å². The summed E-state index contributed by atoms with van der Waals surface area (Å²) in [5.74, 6) is -0.245. The predicted molar refractivity (Wildman–Crippen MR) is 84.3 cm³/mol. The first-order valence-electron chi connectivity index (χ1n) is 6.94. The molecule has 20 heavy (non-hydrogen) atoms. The quantitative estimate of drug-likeness (QED) is 0.769. The SMILES string of the molecule is CC(C)(C)C(CCN)CCC(=O)c1cccc(Br)c1F. The number of benzene rings is 1. The molecule has 0 amide bonds. The first kappa shape index (κ1) is 17.3.